The van der Waals surface area contributed by atoms with Crippen LogP contribution in [0.25, 0.3) is 10.9 Å². The molecule has 20 heavy (non-hydrogen) atoms. The second-order valence-corrected chi connectivity index (χ2v) is 4.77. The molecule has 0 aliphatic heterocycles. The van der Waals surface area contributed by atoms with Crippen LogP contribution >= 0.6 is 11.6 Å². The number of halogens is 4. The molecule has 1 heterocycles. The van der Waals surface area contributed by atoms with Crippen molar-refractivity contribution in [1.29, 1.82) is 0 Å². The number of hydrogen-bond acceptors (Lipinski definition) is 2. The van der Waals surface area contributed by atoms with E-state index in [1.165, 1.54) is 0 Å². The summed E-state index contributed by atoms with van der Waals surface area (Å²) in [7, 11) is 1.81. The van der Waals surface area contributed by atoms with Crippen molar-refractivity contribution in [2.24, 2.45) is 0 Å². The van der Waals surface area contributed by atoms with Crippen molar-refractivity contribution >= 4 is 22.5 Å². The number of nitrogens with zero attached hydrogens (tertiary/aromatic N) is 1. The first-order valence-electron chi connectivity index (χ1n) is 6.03. The zero-order chi connectivity index (χ0) is 14.8. The molecule has 0 aliphatic carbocycles. The molecule has 1 aromatic heterocycles. The van der Waals surface area contributed by atoms with Crippen LogP contribution in [0.3, 0.4) is 0 Å². The highest BCUT2D eigenvalue weighted by Gasteiger charge is 2.28. The lowest BCUT2D eigenvalue weighted by atomic mass is 10.2. The molecule has 0 spiro atoms. The standard InChI is InChI=1S/C13H14ClF3N2O/c1-18-7-9-8-19(4-5-20-13(15,16)17)12-6-10(14)2-3-11(9)12/h2-3,6,8,18H,4-5,7H2,1H3. The van der Waals surface area contributed by atoms with Crippen molar-refractivity contribution in [3.8, 4) is 0 Å². The van der Waals surface area contributed by atoms with Gasteiger partial charge in [0.2, 0.25) is 0 Å². The van der Waals surface area contributed by atoms with Gasteiger partial charge in [-0.25, -0.2) is 0 Å². The van der Waals surface area contributed by atoms with Gasteiger partial charge < -0.3 is 9.88 Å². The predicted octanol–water partition coefficient (Wildman–Crippen LogP) is 3.55. The van der Waals surface area contributed by atoms with E-state index in [2.05, 4.69) is 10.1 Å². The number of fused-ring (bicyclic) bond motifs is 1. The van der Waals surface area contributed by atoms with Gasteiger partial charge in [0, 0.05) is 35.2 Å². The van der Waals surface area contributed by atoms with E-state index in [1.807, 2.05) is 19.3 Å². The van der Waals surface area contributed by atoms with Crippen LogP contribution in [-0.2, 0) is 17.8 Å². The molecule has 2 aromatic rings. The number of benzene rings is 1. The zero-order valence-corrected chi connectivity index (χ0v) is 11.6. The fraction of sp³-hybridized carbons (Fsp3) is 0.385. The summed E-state index contributed by atoms with van der Waals surface area (Å²) in [6.07, 6.45) is -2.79. The molecule has 0 saturated carbocycles. The largest absolute Gasteiger partial charge is 0.522 e. The molecule has 0 bridgehead atoms. The third-order valence-electron chi connectivity index (χ3n) is 2.89. The van der Waals surface area contributed by atoms with E-state index >= 15 is 0 Å². The summed E-state index contributed by atoms with van der Waals surface area (Å²) in [5.41, 5.74) is 1.81. The van der Waals surface area contributed by atoms with Gasteiger partial charge in [-0.3, -0.25) is 4.74 Å². The van der Waals surface area contributed by atoms with Gasteiger partial charge in [-0.2, -0.15) is 0 Å². The first kappa shape index (κ1) is 15.2. The quantitative estimate of drug-likeness (QED) is 0.914. The molecule has 0 aliphatic rings. The minimum atomic E-state index is -4.60. The maximum Gasteiger partial charge on any atom is 0.522 e. The summed E-state index contributed by atoms with van der Waals surface area (Å²) in [4.78, 5) is 0. The Hall–Kier alpha value is -1.24. The Kier molecular flexibility index (Phi) is 4.57. The van der Waals surface area contributed by atoms with E-state index in [1.54, 1.807) is 16.7 Å². The molecule has 0 fully saturated rings. The highest BCUT2D eigenvalue weighted by Crippen LogP contribution is 2.25. The molecule has 1 N–H and O–H groups in total. The molecular weight excluding hydrogens is 293 g/mol. The number of aromatic nitrogens is 1. The average molecular weight is 307 g/mol. The van der Waals surface area contributed by atoms with Gasteiger partial charge in [-0.15, -0.1) is 13.2 Å². The molecule has 3 nitrogen and oxygen atoms in total. The fourth-order valence-electron chi connectivity index (χ4n) is 2.12. The molecule has 0 amide bonds. The van der Waals surface area contributed by atoms with Crippen LogP contribution in [0.2, 0.25) is 5.02 Å². The summed E-state index contributed by atoms with van der Waals surface area (Å²) in [5, 5.41) is 4.54. The minimum Gasteiger partial charge on any atom is -0.345 e. The van der Waals surface area contributed by atoms with E-state index in [9.17, 15) is 13.2 Å². The number of alkyl halides is 3. The van der Waals surface area contributed by atoms with Crippen molar-refractivity contribution in [2.75, 3.05) is 13.7 Å². The highest BCUT2D eigenvalue weighted by molar-refractivity contribution is 6.31. The molecule has 0 radical (unpaired) electrons. The van der Waals surface area contributed by atoms with Crippen LogP contribution in [-0.4, -0.2) is 24.6 Å². The van der Waals surface area contributed by atoms with Crippen LogP contribution in [0.4, 0.5) is 13.2 Å². The first-order chi connectivity index (χ1) is 9.40. The van der Waals surface area contributed by atoms with Gasteiger partial charge in [-0.05, 0) is 24.7 Å². The van der Waals surface area contributed by atoms with Gasteiger partial charge in [0.25, 0.3) is 0 Å². The molecule has 0 saturated heterocycles. The maximum atomic E-state index is 12.0. The number of ether oxygens (including phenoxy) is 1. The Balaban J connectivity index is 2.25. The Morgan fingerprint density at radius 1 is 1.35 bits per heavy atom. The summed E-state index contributed by atoms with van der Waals surface area (Å²) < 4.78 is 41.5. The van der Waals surface area contributed by atoms with E-state index in [0.29, 0.717) is 11.6 Å². The van der Waals surface area contributed by atoms with Crippen molar-refractivity contribution in [3.63, 3.8) is 0 Å². The highest BCUT2D eigenvalue weighted by atomic mass is 35.5. The van der Waals surface area contributed by atoms with Gasteiger partial charge in [0.15, 0.2) is 0 Å². The second kappa shape index (κ2) is 6.03. The van der Waals surface area contributed by atoms with Gasteiger partial charge >= 0.3 is 6.36 Å². The van der Waals surface area contributed by atoms with Gasteiger partial charge in [0.05, 0.1) is 6.61 Å². The van der Waals surface area contributed by atoms with Crippen molar-refractivity contribution < 1.29 is 17.9 Å². The smallest absolute Gasteiger partial charge is 0.345 e. The van der Waals surface area contributed by atoms with E-state index in [4.69, 9.17) is 11.6 Å². The number of nitrogens with one attached hydrogen (secondary N) is 1. The van der Waals surface area contributed by atoms with Crippen molar-refractivity contribution in [2.45, 2.75) is 19.5 Å². The molecule has 7 heteroatoms. The Bertz CT molecular complexity index is 595. The molecule has 110 valence electrons. The zero-order valence-electron chi connectivity index (χ0n) is 10.8. The lowest BCUT2D eigenvalue weighted by molar-refractivity contribution is -0.325. The van der Waals surface area contributed by atoms with E-state index in [-0.39, 0.29) is 6.54 Å². The van der Waals surface area contributed by atoms with Crippen LogP contribution in [0, 0.1) is 0 Å². The Morgan fingerprint density at radius 2 is 2.10 bits per heavy atom. The van der Waals surface area contributed by atoms with Crippen LogP contribution in [0.5, 0.6) is 0 Å². The maximum absolute atomic E-state index is 12.0. The minimum absolute atomic E-state index is 0.111. The fourth-order valence-corrected chi connectivity index (χ4v) is 2.28. The third kappa shape index (κ3) is 3.65. The van der Waals surface area contributed by atoms with Crippen molar-refractivity contribution in [1.82, 2.24) is 9.88 Å². The lowest BCUT2D eigenvalue weighted by Crippen LogP contribution is -2.17. The number of hydrogen-bond donors (Lipinski definition) is 1. The summed E-state index contributed by atoms with van der Waals surface area (Å²) >= 11 is 5.94. The van der Waals surface area contributed by atoms with Gasteiger partial charge in [0.1, 0.15) is 0 Å². The molecule has 0 atom stereocenters. The molecule has 2 rings (SSSR count). The number of rotatable bonds is 5. The molecule has 1 aromatic carbocycles. The first-order valence-corrected chi connectivity index (χ1v) is 6.41. The molecule has 0 unspecified atom stereocenters. The van der Waals surface area contributed by atoms with Crippen molar-refractivity contribution in [3.05, 3.63) is 35.0 Å². The lowest BCUT2D eigenvalue weighted by Gasteiger charge is -2.09. The predicted molar refractivity (Wildman–Crippen MR) is 71.7 cm³/mol. The summed E-state index contributed by atoms with van der Waals surface area (Å²) in [6, 6.07) is 5.37. The third-order valence-corrected chi connectivity index (χ3v) is 3.13. The van der Waals surface area contributed by atoms with Crippen LogP contribution in [0.15, 0.2) is 24.4 Å². The van der Waals surface area contributed by atoms with Crippen LogP contribution < -0.4 is 5.32 Å². The topological polar surface area (TPSA) is 26.2 Å². The van der Waals surface area contributed by atoms with E-state index < -0.39 is 13.0 Å². The van der Waals surface area contributed by atoms with Crippen LogP contribution in [0.1, 0.15) is 5.56 Å². The van der Waals surface area contributed by atoms with E-state index in [0.717, 1.165) is 16.5 Å². The molecular formula is C13H14ClF3N2O. The van der Waals surface area contributed by atoms with Gasteiger partial charge in [-0.1, -0.05) is 17.7 Å². The normalized spacial score (nSPS) is 12.2. The summed E-state index contributed by atoms with van der Waals surface area (Å²) in [5.74, 6) is 0. The Morgan fingerprint density at radius 3 is 2.75 bits per heavy atom. The average Bonchev–Trinajstić information content (AvgIpc) is 2.66. The summed E-state index contributed by atoms with van der Waals surface area (Å²) in [6.45, 7) is 0.310. The second-order valence-electron chi connectivity index (χ2n) is 4.33. The Labute approximate surface area is 119 Å². The monoisotopic (exact) mass is 306 g/mol. The SMILES string of the molecule is CNCc1cn(CCOC(F)(F)F)c2cc(Cl)ccc12.